The van der Waals surface area contributed by atoms with E-state index in [0.29, 0.717) is 6.42 Å². The Morgan fingerprint density at radius 3 is 2.23 bits per heavy atom. The average molecular weight is 469 g/mol. The van der Waals surface area contributed by atoms with Crippen molar-refractivity contribution in [1.82, 2.24) is 4.57 Å². The maximum absolute atomic E-state index is 12.3. The summed E-state index contributed by atoms with van der Waals surface area (Å²) < 4.78 is 2.17. The van der Waals surface area contributed by atoms with E-state index in [1.807, 2.05) is 57.2 Å². The van der Waals surface area contributed by atoms with Crippen LogP contribution in [0, 0.1) is 5.41 Å². The molecule has 1 heterocycles. The molecule has 1 aromatic heterocycles. The molecule has 0 atom stereocenters. The van der Waals surface area contributed by atoms with Crippen molar-refractivity contribution in [1.29, 1.82) is 0 Å². The minimum atomic E-state index is -0.786. The molecule has 4 rings (SSSR count). The first-order valence-electron chi connectivity index (χ1n) is 12.0. The summed E-state index contributed by atoms with van der Waals surface area (Å²) in [5.74, 6) is -0.806. The molecule has 0 fully saturated rings. The fourth-order valence-electron chi connectivity index (χ4n) is 4.11. The minimum Gasteiger partial charge on any atom is -0.481 e. The van der Waals surface area contributed by atoms with E-state index in [0.717, 1.165) is 40.7 Å². The van der Waals surface area contributed by atoms with Gasteiger partial charge in [-0.25, -0.2) is 0 Å². The number of aliphatic carboxylic acids is 1. The van der Waals surface area contributed by atoms with Crippen molar-refractivity contribution < 1.29 is 14.7 Å². The number of nitrogens with one attached hydrogen (secondary N) is 1. The Kier molecular flexibility index (Phi) is 7.06. The van der Waals surface area contributed by atoms with Gasteiger partial charge in [-0.15, -0.1) is 0 Å². The highest BCUT2D eigenvalue weighted by Gasteiger charge is 2.21. The molecule has 2 N–H and O–H groups in total. The first kappa shape index (κ1) is 24.3. The minimum absolute atomic E-state index is 0.0197. The Hall–Kier alpha value is -3.86. The van der Waals surface area contributed by atoms with Crippen LogP contribution in [0.2, 0.25) is 0 Å². The molecule has 0 aliphatic rings. The number of hydrogen-bond acceptors (Lipinski definition) is 2. The van der Waals surface area contributed by atoms with Crippen LogP contribution < -0.4 is 5.32 Å². The van der Waals surface area contributed by atoms with E-state index in [2.05, 4.69) is 52.5 Å². The smallest absolute Gasteiger partial charge is 0.303 e. The number of fused-ring (bicyclic) bond motifs is 1. The molecular weight excluding hydrogens is 436 g/mol. The lowest BCUT2D eigenvalue weighted by Crippen LogP contribution is -2.27. The number of benzene rings is 3. The zero-order chi connectivity index (χ0) is 25.0. The first-order chi connectivity index (χ1) is 16.7. The van der Waals surface area contributed by atoms with Crippen molar-refractivity contribution in [3.05, 3.63) is 95.7 Å². The van der Waals surface area contributed by atoms with Gasteiger partial charge in [-0.2, -0.15) is 0 Å². The van der Waals surface area contributed by atoms with E-state index < -0.39 is 11.4 Å². The van der Waals surface area contributed by atoms with Crippen LogP contribution in [0.1, 0.15) is 43.9 Å². The molecule has 5 heteroatoms. The van der Waals surface area contributed by atoms with Gasteiger partial charge < -0.3 is 15.0 Å². The lowest BCUT2D eigenvalue weighted by molar-refractivity contribution is -0.137. The fraction of sp³-hybridized carbons (Fsp3) is 0.267. The molecule has 0 aliphatic carbocycles. The number of aryl methyl sites for hydroxylation is 3. The summed E-state index contributed by atoms with van der Waals surface area (Å²) in [7, 11) is 0. The summed E-state index contributed by atoms with van der Waals surface area (Å²) in [4.78, 5) is 23.4. The lowest BCUT2D eigenvalue weighted by Gasteiger charge is -2.17. The summed E-state index contributed by atoms with van der Waals surface area (Å²) in [5.41, 5.74) is 5.94. The van der Waals surface area contributed by atoms with E-state index in [1.165, 1.54) is 11.1 Å². The molecule has 0 saturated carbocycles. The number of hydrogen-bond donors (Lipinski definition) is 2. The number of carbonyl (C=O) groups excluding carboxylic acids is 1. The van der Waals surface area contributed by atoms with Crippen LogP contribution in [0.4, 0.5) is 5.69 Å². The van der Waals surface area contributed by atoms with E-state index in [4.69, 9.17) is 5.11 Å². The molecule has 5 nitrogen and oxygen atoms in total. The Morgan fingerprint density at radius 1 is 0.857 bits per heavy atom. The molecule has 180 valence electrons. The molecule has 0 spiro atoms. The molecule has 1 amide bonds. The molecule has 0 bridgehead atoms. The van der Waals surface area contributed by atoms with Gasteiger partial charge in [-0.1, -0.05) is 57.2 Å². The number of aromatic nitrogens is 1. The Labute approximate surface area is 206 Å². The summed E-state index contributed by atoms with van der Waals surface area (Å²) in [6.07, 6.45) is 4.62. The Balaban J connectivity index is 1.66. The molecule has 0 saturated heterocycles. The van der Waals surface area contributed by atoms with Gasteiger partial charge in [0.1, 0.15) is 0 Å². The van der Waals surface area contributed by atoms with Gasteiger partial charge in [0.05, 0.1) is 5.52 Å². The third-order valence-electron chi connectivity index (χ3n) is 6.19. The van der Waals surface area contributed by atoms with E-state index in [1.54, 1.807) is 0 Å². The van der Waals surface area contributed by atoms with E-state index in [9.17, 15) is 9.59 Å². The molecule has 0 aliphatic heterocycles. The van der Waals surface area contributed by atoms with Crippen molar-refractivity contribution in [2.45, 2.75) is 46.5 Å². The first-order valence-corrected chi connectivity index (χ1v) is 12.0. The average Bonchev–Trinajstić information content (AvgIpc) is 3.20. The zero-order valence-corrected chi connectivity index (χ0v) is 20.5. The maximum Gasteiger partial charge on any atom is 0.303 e. The van der Waals surface area contributed by atoms with Gasteiger partial charge in [0.25, 0.3) is 0 Å². The highest BCUT2D eigenvalue weighted by atomic mass is 16.4. The van der Waals surface area contributed by atoms with Crippen LogP contribution >= 0.6 is 0 Å². The van der Waals surface area contributed by atoms with Gasteiger partial charge in [-0.05, 0) is 72.4 Å². The number of carboxylic acids is 1. The Bertz CT molecular complexity index is 1330. The van der Waals surface area contributed by atoms with Crippen LogP contribution in [-0.4, -0.2) is 21.6 Å². The number of nitrogens with zero attached hydrogens (tertiary/aromatic N) is 1. The maximum atomic E-state index is 12.3. The fourth-order valence-corrected chi connectivity index (χ4v) is 4.11. The summed E-state index contributed by atoms with van der Waals surface area (Å²) >= 11 is 0. The highest BCUT2D eigenvalue weighted by molar-refractivity contribution is 5.94. The van der Waals surface area contributed by atoms with Crippen LogP contribution in [0.3, 0.4) is 0 Å². The van der Waals surface area contributed by atoms with Crippen LogP contribution in [-0.2, 0) is 28.9 Å². The lowest BCUT2D eigenvalue weighted by atomic mass is 9.95. The number of amides is 1. The van der Waals surface area contributed by atoms with Crippen molar-refractivity contribution in [3.8, 4) is 5.69 Å². The predicted octanol–water partition coefficient (Wildman–Crippen LogP) is 6.42. The monoisotopic (exact) mass is 468 g/mol. The molecule has 0 radical (unpaired) electrons. The van der Waals surface area contributed by atoms with Crippen molar-refractivity contribution in [2.24, 2.45) is 5.41 Å². The quantitative estimate of drug-likeness (QED) is 0.314. The molecule has 3 aromatic carbocycles. The van der Waals surface area contributed by atoms with Gasteiger partial charge >= 0.3 is 5.97 Å². The summed E-state index contributed by atoms with van der Waals surface area (Å²) in [5, 5.41) is 13.2. The summed E-state index contributed by atoms with van der Waals surface area (Å²) in [6.45, 7) is 5.68. The van der Waals surface area contributed by atoms with Crippen molar-refractivity contribution in [3.63, 3.8) is 0 Å². The van der Waals surface area contributed by atoms with Gasteiger partial charge in [-0.3, -0.25) is 9.59 Å². The van der Waals surface area contributed by atoms with Crippen molar-refractivity contribution >= 4 is 28.5 Å². The second-order valence-corrected chi connectivity index (χ2v) is 10.0. The third kappa shape index (κ3) is 5.99. The van der Waals surface area contributed by atoms with Crippen molar-refractivity contribution in [2.75, 3.05) is 5.32 Å². The van der Waals surface area contributed by atoms with E-state index in [-0.39, 0.29) is 12.3 Å². The second-order valence-electron chi connectivity index (χ2n) is 10.0. The van der Waals surface area contributed by atoms with Crippen LogP contribution in [0.15, 0.2) is 79.0 Å². The highest BCUT2D eigenvalue weighted by Crippen LogP contribution is 2.29. The summed E-state index contributed by atoms with van der Waals surface area (Å²) in [6, 6.07) is 24.5. The molecule has 35 heavy (non-hydrogen) atoms. The standard InChI is InChI=1S/C30H32N2O3/c1-30(2,3)29(35)31-24-13-15-25(16-14-24)32-20-23(12-9-21-7-5-4-6-8-21)26-19-22(10-17-27(26)32)11-18-28(33)34/h4-8,10,13-17,19-20H,9,11-12,18H2,1-3H3,(H,31,35)(H,33,34). The topological polar surface area (TPSA) is 71.3 Å². The molecule has 0 unspecified atom stereocenters. The van der Waals surface area contributed by atoms with Gasteiger partial charge in [0, 0.05) is 34.8 Å². The number of carboxylic acid groups (broad SMARTS) is 1. The number of rotatable bonds is 8. The second kappa shape index (κ2) is 10.2. The molecular formula is C30H32N2O3. The number of carbonyl (C=O) groups is 2. The van der Waals surface area contributed by atoms with Gasteiger partial charge in [0.15, 0.2) is 0 Å². The zero-order valence-electron chi connectivity index (χ0n) is 20.5. The SMILES string of the molecule is CC(C)(C)C(=O)Nc1ccc(-n2cc(CCc3ccccc3)c3cc(CCC(=O)O)ccc32)cc1. The Morgan fingerprint density at radius 2 is 1.57 bits per heavy atom. The normalized spacial score (nSPS) is 11.5. The molecule has 4 aromatic rings. The number of anilines is 1. The van der Waals surface area contributed by atoms with Crippen LogP contribution in [0.25, 0.3) is 16.6 Å². The largest absolute Gasteiger partial charge is 0.481 e. The predicted molar refractivity (Wildman–Crippen MR) is 141 cm³/mol. The third-order valence-corrected chi connectivity index (χ3v) is 6.19. The van der Waals surface area contributed by atoms with Crippen LogP contribution in [0.5, 0.6) is 0 Å². The van der Waals surface area contributed by atoms with E-state index >= 15 is 0 Å². The van der Waals surface area contributed by atoms with Gasteiger partial charge in [0.2, 0.25) is 5.91 Å².